The number of ether oxygens (including phenoxy) is 1. The highest BCUT2D eigenvalue weighted by Crippen LogP contribution is 2.17. The van der Waals surface area contributed by atoms with Gasteiger partial charge in [-0.25, -0.2) is 4.79 Å². The van der Waals surface area contributed by atoms with Gasteiger partial charge in [-0.1, -0.05) is 105 Å². The van der Waals surface area contributed by atoms with Crippen LogP contribution in [0.25, 0.3) is 0 Å². The van der Waals surface area contributed by atoms with Gasteiger partial charge in [-0.2, -0.15) is 0 Å². The van der Waals surface area contributed by atoms with Gasteiger partial charge in [0.2, 0.25) is 65.0 Å². The Morgan fingerprint density at radius 3 is 1.66 bits per heavy atom. The summed E-state index contributed by atoms with van der Waals surface area (Å²) in [4.78, 5) is 164. The lowest BCUT2D eigenvalue weighted by molar-refractivity contribution is -0.157. The highest BCUT2D eigenvalue weighted by atomic mass is 16.5. The van der Waals surface area contributed by atoms with Crippen molar-refractivity contribution in [2.45, 2.75) is 200 Å². The van der Waals surface area contributed by atoms with Crippen LogP contribution >= 0.6 is 0 Å². The Morgan fingerprint density at radius 1 is 0.624 bits per heavy atom. The second-order valence-electron chi connectivity index (χ2n) is 22.2. The first-order valence-corrected chi connectivity index (χ1v) is 29.3. The van der Waals surface area contributed by atoms with E-state index in [1.54, 1.807) is 48.6 Å². The predicted molar refractivity (Wildman–Crippen MR) is 312 cm³/mol. The molecule has 17 N–H and O–H groups in total. The van der Waals surface area contributed by atoms with Crippen LogP contribution in [0.3, 0.4) is 0 Å². The maximum absolute atomic E-state index is 14.4. The lowest BCUT2D eigenvalue weighted by Gasteiger charge is -2.31. The molecule has 11 amide bonds. The normalized spacial score (nSPS) is 21.1. The monoisotopic (exact) mass is 1200 g/mol. The van der Waals surface area contributed by atoms with Gasteiger partial charge in [-0.15, -0.1) is 0 Å². The number of esters is 1. The number of rotatable bonds is 33. The molecule has 1 fully saturated rings. The minimum absolute atomic E-state index is 0.107. The number of benzene rings is 1. The number of aliphatic hydroxyl groups excluding tert-OH is 2. The Bertz CT molecular complexity index is 2420. The van der Waals surface area contributed by atoms with Gasteiger partial charge in [0.25, 0.3) is 0 Å². The molecule has 28 heteroatoms. The van der Waals surface area contributed by atoms with Crippen molar-refractivity contribution in [2.75, 3.05) is 26.8 Å². The molecule has 0 aliphatic carbocycles. The molecule has 0 radical (unpaired) electrons. The molecule has 28 nitrogen and oxygen atoms in total. The standard InChI is InChI=1S/C57H95N13O15/c1-12-30(6)43(54(81)66-41(28-72)53(80)70-46-34(10)85-57(84)45(32(8)14-3)69-48(75)36(21-18-24-58)62-47(74)33(9)61-56(46)83)68-55(82)44(31(7)13-2)67-49(76)37(22-23-42(59)73)63-52(79)40(27-71)65-51(78)39(25-29(4)5)64-50(77)38(60-11)26-35-19-16-15-17-20-35/h15-17,19-20,29-34,36-41,43-46,60,71-72H,12-14,18,21-28,58H2,1-11H3,(H2,59,73)(H,61,83)(H,62,74)(H,63,79)(H,64,77)(H,65,78)(H,66,81)(H,67,76)(H,68,82)(H,69,75)(H,70,80)/t30-,31+,32-,33-,34-,36-,37+,38+,39-,40-,41-,43-,44+,45-,46+/m0/s1. The number of hydrogen-bond donors (Lipinski definition) is 15. The van der Waals surface area contributed by atoms with Crippen LogP contribution < -0.4 is 70.0 Å². The number of carbonyl (C=O) groups is 12. The van der Waals surface area contributed by atoms with Crippen LogP contribution in [0.15, 0.2) is 30.3 Å². The fourth-order valence-electron chi connectivity index (χ4n) is 8.96. The van der Waals surface area contributed by atoms with Gasteiger partial charge in [0.05, 0.1) is 19.3 Å². The van der Waals surface area contributed by atoms with Gasteiger partial charge in [0.15, 0.2) is 0 Å². The lowest BCUT2D eigenvalue weighted by atomic mass is 9.94. The van der Waals surface area contributed by atoms with E-state index < -0.39 is 187 Å². The third kappa shape index (κ3) is 23.9. The number of aliphatic hydroxyl groups is 2. The summed E-state index contributed by atoms with van der Waals surface area (Å²) in [5.41, 5.74) is 12.0. The molecule has 1 aromatic carbocycles. The predicted octanol–water partition coefficient (Wildman–Crippen LogP) is -3.20. The molecule has 2 rings (SSSR count). The summed E-state index contributed by atoms with van der Waals surface area (Å²) in [6, 6.07) is -6.12. The minimum Gasteiger partial charge on any atom is -0.458 e. The molecule has 0 bridgehead atoms. The Hall–Kier alpha value is -7.30. The van der Waals surface area contributed by atoms with Crippen molar-refractivity contribution < 1.29 is 72.5 Å². The summed E-state index contributed by atoms with van der Waals surface area (Å²) >= 11 is 0. The number of carbonyl (C=O) groups excluding carboxylic acids is 12. The zero-order valence-corrected chi connectivity index (χ0v) is 51.0. The molecular weight excluding hydrogens is 1110 g/mol. The Balaban J connectivity index is 2.40. The SMILES string of the molecule is CC[C@@H](C)[C@@H](NC(=O)[C@@H](CCC(N)=O)NC(=O)[C@H](CO)NC(=O)[C@H](CC(C)C)NC(=O)[C@@H](Cc1ccccc1)NC)C(=O)N[C@H](C(=O)N[C@@H](CO)C(=O)N[C@H]1C(=O)N[C@@H](C)C(=O)N[C@@H](CCCN)C(=O)N[C@@H]([C@@H](C)CC)C(=O)O[C@H]1C)[C@@H](C)CC. The zero-order valence-electron chi connectivity index (χ0n) is 51.0. The zero-order chi connectivity index (χ0) is 64.2. The van der Waals surface area contributed by atoms with Gasteiger partial charge in [0, 0.05) is 6.42 Å². The quantitative estimate of drug-likeness (QED) is 0.0308. The van der Waals surface area contributed by atoms with Crippen molar-refractivity contribution in [1.82, 2.24) is 58.5 Å². The van der Waals surface area contributed by atoms with Crippen molar-refractivity contribution in [1.29, 1.82) is 0 Å². The Morgan fingerprint density at radius 2 is 1.13 bits per heavy atom. The average Bonchev–Trinajstić information content (AvgIpc) is 3.64. The van der Waals surface area contributed by atoms with E-state index in [1.807, 2.05) is 44.2 Å². The van der Waals surface area contributed by atoms with Crippen molar-refractivity contribution in [3.63, 3.8) is 0 Å². The second kappa shape index (κ2) is 37.2. The van der Waals surface area contributed by atoms with E-state index in [9.17, 15) is 67.7 Å². The molecule has 1 aliphatic rings. The van der Waals surface area contributed by atoms with Crippen molar-refractivity contribution in [3.05, 3.63) is 35.9 Å². The van der Waals surface area contributed by atoms with Crippen LogP contribution in [0.1, 0.15) is 126 Å². The third-order valence-corrected chi connectivity index (χ3v) is 15.0. The Labute approximate surface area is 497 Å². The maximum Gasteiger partial charge on any atom is 0.329 e. The van der Waals surface area contributed by atoms with Crippen molar-refractivity contribution in [2.24, 2.45) is 35.1 Å². The second-order valence-corrected chi connectivity index (χ2v) is 22.2. The smallest absolute Gasteiger partial charge is 0.329 e. The van der Waals surface area contributed by atoms with E-state index in [1.165, 1.54) is 13.8 Å². The summed E-state index contributed by atoms with van der Waals surface area (Å²) in [6.07, 6.45) is -0.521. The average molecular weight is 1200 g/mol. The fourth-order valence-corrected chi connectivity index (χ4v) is 8.96. The molecule has 0 unspecified atom stereocenters. The summed E-state index contributed by atoms with van der Waals surface area (Å²) in [5.74, 6) is -12.7. The van der Waals surface area contributed by atoms with Crippen LogP contribution in [0.4, 0.5) is 0 Å². The molecule has 1 aromatic rings. The summed E-state index contributed by atoms with van der Waals surface area (Å²) in [5, 5.41) is 49.2. The Kier molecular flexibility index (Phi) is 32.3. The molecule has 1 saturated heterocycles. The summed E-state index contributed by atoms with van der Waals surface area (Å²) in [7, 11) is 1.60. The number of nitrogens with one attached hydrogen (secondary N) is 11. The molecule has 85 heavy (non-hydrogen) atoms. The molecule has 0 aromatic heterocycles. The minimum atomic E-state index is -1.81. The highest BCUT2D eigenvalue weighted by molar-refractivity contribution is 5.99. The van der Waals surface area contributed by atoms with Gasteiger partial charge < -0.3 is 84.9 Å². The molecule has 0 spiro atoms. The first-order chi connectivity index (χ1) is 40.1. The number of cyclic esters (lactones) is 1. The van der Waals surface area contributed by atoms with Crippen LogP contribution in [0.2, 0.25) is 0 Å². The van der Waals surface area contributed by atoms with E-state index in [4.69, 9.17) is 16.2 Å². The van der Waals surface area contributed by atoms with Crippen LogP contribution in [-0.2, 0) is 68.7 Å². The summed E-state index contributed by atoms with van der Waals surface area (Å²) in [6.45, 7) is 14.5. The molecule has 478 valence electrons. The summed E-state index contributed by atoms with van der Waals surface area (Å²) < 4.78 is 5.69. The van der Waals surface area contributed by atoms with Gasteiger partial charge in [-0.05, 0) is 88.8 Å². The third-order valence-electron chi connectivity index (χ3n) is 15.0. The van der Waals surface area contributed by atoms with Crippen molar-refractivity contribution >= 4 is 70.9 Å². The van der Waals surface area contributed by atoms with Crippen LogP contribution in [0, 0.1) is 23.7 Å². The van der Waals surface area contributed by atoms with Crippen LogP contribution in [0.5, 0.6) is 0 Å². The molecule has 15 atom stereocenters. The molecule has 1 heterocycles. The number of amides is 11. The number of hydrogen-bond acceptors (Lipinski definition) is 17. The van der Waals surface area contributed by atoms with E-state index in [2.05, 4.69) is 58.5 Å². The van der Waals surface area contributed by atoms with Gasteiger partial charge in [-0.3, -0.25) is 52.7 Å². The van der Waals surface area contributed by atoms with E-state index in [-0.39, 0.29) is 38.1 Å². The molecule has 0 saturated carbocycles. The van der Waals surface area contributed by atoms with Gasteiger partial charge in [0.1, 0.15) is 66.5 Å². The van der Waals surface area contributed by atoms with Crippen LogP contribution in [-0.4, -0.2) is 181 Å². The van der Waals surface area contributed by atoms with Gasteiger partial charge >= 0.3 is 5.97 Å². The van der Waals surface area contributed by atoms with Crippen molar-refractivity contribution in [3.8, 4) is 0 Å². The fraction of sp³-hybridized carbons (Fsp3) is 0.684. The lowest BCUT2D eigenvalue weighted by Crippen LogP contribution is -2.63. The van der Waals surface area contributed by atoms with E-state index in [0.717, 1.165) is 5.56 Å². The first kappa shape index (κ1) is 73.8. The van der Waals surface area contributed by atoms with E-state index >= 15 is 0 Å². The number of nitrogens with two attached hydrogens (primary N) is 2. The number of primary amides is 1. The van der Waals surface area contributed by atoms with E-state index in [0.29, 0.717) is 19.3 Å². The number of likely N-dealkylation sites (N-methyl/N-ethyl adjacent to an activating group) is 1. The first-order valence-electron chi connectivity index (χ1n) is 29.3. The molecular formula is C57H95N13O15. The topological polar surface area (TPSA) is 439 Å². The maximum atomic E-state index is 14.4. The molecule has 1 aliphatic heterocycles. The largest absolute Gasteiger partial charge is 0.458 e. The highest BCUT2D eigenvalue weighted by Gasteiger charge is 2.41.